The van der Waals surface area contributed by atoms with Crippen molar-refractivity contribution in [2.45, 2.75) is 38.5 Å². The highest BCUT2D eigenvalue weighted by Crippen LogP contribution is 2.24. The highest BCUT2D eigenvalue weighted by atomic mass is 35.7. The molecule has 2 fully saturated rings. The van der Waals surface area contributed by atoms with Crippen molar-refractivity contribution in [1.29, 1.82) is 0 Å². The lowest BCUT2D eigenvalue weighted by atomic mass is 10.1. The van der Waals surface area contributed by atoms with Crippen LogP contribution in [0.25, 0.3) is 0 Å². The molecule has 2 saturated heterocycles. The Bertz CT molecular complexity index is 476. The fourth-order valence-corrected chi connectivity index (χ4v) is 3.45. The molecule has 2 aliphatic rings. The normalized spacial score (nSPS) is 19.1. The smallest absolute Gasteiger partial charge is 0.299 e. The van der Waals surface area contributed by atoms with Crippen molar-refractivity contribution in [3.63, 3.8) is 0 Å². The van der Waals surface area contributed by atoms with Gasteiger partial charge in [0.25, 0.3) is 5.82 Å². The molecule has 0 aliphatic carbocycles. The van der Waals surface area contributed by atoms with Gasteiger partial charge < -0.3 is 4.90 Å². The largest absolute Gasteiger partial charge is 0.355 e. The molecule has 1 aromatic heterocycles. The average molecular weight is 363 g/mol. The van der Waals surface area contributed by atoms with E-state index >= 15 is 0 Å². The van der Waals surface area contributed by atoms with Crippen LogP contribution < -0.4 is 33.1 Å². The molecule has 0 N–H and O–H groups in total. The molecule has 3 heterocycles. The number of aromatic nitrogens is 2. The van der Waals surface area contributed by atoms with Gasteiger partial charge in [-0.3, -0.25) is 4.90 Å². The van der Waals surface area contributed by atoms with Gasteiger partial charge in [-0.25, -0.2) is 23.3 Å². The van der Waals surface area contributed by atoms with E-state index in [0.29, 0.717) is 0 Å². The number of hydrogen-bond acceptors (Lipinski definition) is 6. The Morgan fingerprint density at radius 3 is 1.71 bits per heavy atom. The predicted molar refractivity (Wildman–Crippen MR) is 78.7 cm³/mol. The first-order valence-electron chi connectivity index (χ1n) is 8.45. The van der Waals surface area contributed by atoms with Crippen molar-refractivity contribution in [2.75, 3.05) is 36.0 Å². The maximum Gasteiger partial charge on any atom is 0.299 e. The minimum atomic E-state index is -4.94. The number of rotatable bonds is 2. The molecule has 138 valence electrons. The van der Waals surface area contributed by atoms with Gasteiger partial charge in [0.2, 0.25) is 0 Å². The molecule has 1 aromatic rings. The molecule has 0 radical (unpaired) electrons. The summed E-state index contributed by atoms with van der Waals surface area (Å²) in [5.41, 5.74) is 0. The van der Waals surface area contributed by atoms with Crippen LogP contribution in [-0.4, -0.2) is 30.9 Å². The van der Waals surface area contributed by atoms with E-state index in [9.17, 15) is 0 Å². The average Bonchev–Trinajstić information content (AvgIpc) is 2.84. The Morgan fingerprint density at radius 2 is 1.25 bits per heavy atom. The van der Waals surface area contributed by atoms with Crippen LogP contribution in [0.1, 0.15) is 38.5 Å². The molecule has 3 rings (SSSR count). The van der Waals surface area contributed by atoms with Crippen LogP contribution in [-0.2, 0) is 14.1 Å². The Morgan fingerprint density at radius 1 is 0.833 bits per heavy atom. The molecule has 8 nitrogen and oxygen atoms in total. The number of nitrogens with zero attached hydrogens (tertiary/aromatic N) is 4. The van der Waals surface area contributed by atoms with Gasteiger partial charge in [0.1, 0.15) is 7.05 Å². The van der Waals surface area contributed by atoms with Gasteiger partial charge in [-0.15, -0.1) is 10.2 Å². The lowest BCUT2D eigenvalue weighted by Gasteiger charge is -2.27. The van der Waals surface area contributed by atoms with Gasteiger partial charge >= 0.3 is 0 Å². The van der Waals surface area contributed by atoms with E-state index in [1.807, 2.05) is 0 Å². The number of halogens is 1. The number of hydrogen-bond donors (Lipinski definition) is 0. The lowest BCUT2D eigenvalue weighted by Crippen LogP contribution is -2.68. The second kappa shape index (κ2) is 8.35. The van der Waals surface area contributed by atoms with Crippen LogP contribution in [0, 0.1) is 10.2 Å². The third-order valence-corrected chi connectivity index (χ3v) is 4.73. The molecule has 0 bridgehead atoms. The molecule has 0 aromatic carbocycles. The third kappa shape index (κ3) is 5.49. The maximum atomic E-state index is 8.49. The predicted octanol–water partition coefficient (Wildman–Crippen LogP) is -2.93. The van der Waals surface area contributed by atoms with Crippen LogP contribution >= 0.6 is 0 Å². The van der Waals surface area contributed by atoms with Crippen LogP contribution in [0.2, 0.25) is 0 Å². The second-order valence-electron chi connectivity index (χ2n) is 6.38. The van der Waals surface area contributed by atoms with Crippen LogP contribution in [0.4, 0.5) is 11.6 Å². The van der Waals surface area contributed by atoms with Crippen LogP contribution in [0.3, 0.4) is 0 Å². The van der Waals surface area contributed by atoms with Gasteiger partial charge in [-0.05, 0) is 38.5 Å². The molecule has 0 amide bonds. The summed E-state index contributed by atoms with van der Waals surface area (Å²) in [7, 11) is -0.561. The molecule has 24 heavy (non-hydrogen) atoms. The van der Waals surface area contributed by atoms with E-state index in [1.54, 1.807) is 0 Å². The van der Waals surface area contributed by atoms with Crippen LogP contribution in [0.15, 0.2) is 6.07 Å². The Kier molecular flexibility index (Phi) is 6.70. The maximum absolute atomic E-state index is 8.49. The van der Waals surface area contributed by atoms with E-state index in [-0.39, 0.29) is 0 Å². The molecule has 0 spiro atoms. The molecule has 0 unspecified atom stereocenters. The Labute approximate surface area is 145 Å². The summed E-state index contributed by atoms with van der Waals surface area (Å²) in [6.45, 7) is 4.88. The first kappa shape index (κ1) is 19.3. The van der Waals surface area contributed by atoms with Crippen molar-refractivity contribution < 1.29 is 33.6 Å². The van der Waals surface area contributed by atoms with E-state index in [2.05, 4.69) is 39.3 Å². The van der Waals surface area contributed by atoms with Crippen molar-refractivity contribution in [1.82, 2.24) is 4.68 Å². The minimum absolute atomic E-state index is 1.22. The van der Waals surface area contributed by atoms with Gasteiger partial charge in [0.05, 0.1) is 19.2 Å². The third-order valence-electron chi connectivity index (χ3n) is 4.73. The zero-order chi connectivity index (χ0) is 17.7. The first-order chi connectivity index (χ1) is 11.3. The second-order valence-corrected chi connectivity index (χ2v) is 7.14. The fraction of sp³-hybridized carbons (Fsp3) is 0.800. The Hall–Kier alpha value is -1.06. The lowest BCUT2D eigenvalue weighted by molar-refractivity contribution is -2.00. The van der Waals surface area contributed by atoms with Crippen molar-refractivity contribution in [2.24, 2.45) is 14.1 Å². The topological polar surface area (TPSA) is 108 Å². The monoisotopic (exact) mass is 362 g/mol. The van der Waals surface area contributed by atoms with E-state index in [0.717, 1.165) is 0 Å². The molecule has 0 saturated carbocycles. The van der Waals surface area contributed by atoms with Crippen molar-refractivity contribution >= 4 is 11.6 Å². The SMILES string of the molecule is Cn1c(N2CCCCC2)cc(N2CCCCC2)[n+]1C.[O-][Cl+3]([O-])([O-])[O-]. The fourth-order valence-electron chi connectivity index (χ4n) is 3.45. The molecular weight excluding hydrogens is 336 g/mol. The molecule has 2 aliphatic heterocycles. The minimum Gasteiger partial charge on any atom is -0.355 e. The molecule has 9 heteroatoms. The summed E-state index contributed by atoms with van der Waals surface area (Å²) in [6.07, 6.45) is 8.15. The number of anilines is 2. The first-order valence-corrected chi connectivity index (χ1v) is 9.68. The van der Waals surface area contributed by atoms with Crippen LogP contribution in [0.5, 0.6) is 0 Å². The van der Waals surface area contributed by atoms with Gasteiger partial charge in [0, 0.05) is 20.1 Å². The zero-order valence-electron chi connectivity index (χ0n) is 14.4. The summed E-state index contributed by atoms with van der Waals surface area (Å²) in [6, 6.07) is 2.40. The van der Waals surface area contributed by atoms with E-state index in [4.69, 9.17) is 18.6 Å². The summed E-state index contributed by atoms with van der Waals surface area (Å²) in [5, 5.41) is 0. The van der Waals surface area contributed by atoms with Crippen molar-refractivity contribution in [3.05, 3.63) is 6.07 Å². The summed E-state index contributed by atoms with van der Waals surface area (Å²) >= 11 is 0. The number of piperidine rings is 2. The molecule has 0 atom stereocenters. The summed E-state index contributed by atoms with van der Waals surface area (Å²) in [4.78, 5) is 5.11. The van der Waals surface area contributed by atoms with Crippen molar-refractivity contribution in [3.8, 4) is 0 Å². The van der Waals surface area contributed by atoms with Gasteiger partial charge in [-0.1, -0.05) is 0 Å². The zero-order valence-corrected chi connectivity index (χ0v) is 15.2. The molecular formula is C15H27ClN4O4. The van der Waals surface area contributed by atoms with E-state index < -0.39 is 10.2 Å². The highest BCUT2D eigenvalue weighted by Gasteiger charge is 2.27. The summed E-state index contributed by atoms with van der Waals surface area (Å²) < 4.78 is 38.6. The highest BCUT2D eigenvalue weighted by molar-refractivity contribution is 5.49. The summed E-state index contributed by atoms with van der Waals surface area (Å²) in [5.74, 6) is 2.78. The van der Waals surface area contributed by atoms with Gasteiger partial charge in [0.15, 0.2) is 5.82 Å². The van der Waals surface area contributed by atoms with E-state index in [1.165, 1.54) is 76.3 Å². The standard InChI is InChI=1S/C15H27N4.ClHO4/c1-16-14(18-9-5-3-6-10-18)13-15(17(16)2)19-11-7-4-8-12-19;2-1(3,4)5/h13H,3-12H2,1-2H3;(H,2,3,4,5)/q+1;/p-1. The van der Waals surface area contributed by atoms with Gasteiger partial charge in [-0.2, -0.15) is 4.68 Å². The quantitative estimate of drug-likeness (QED) is 0.521. The Balaban J connectivity index is 0.000000368.